The van der Waals surface area contributed by atoms with Gasteiger partial charge in [-0.05, 0) is 26.2 Å². The van der Waals surface area contributed by atoms with Crippen LogP contribution in [0.3, 0.4) is 0 Å². The lowest BCUT2D eigenvalue weighted by Crippen LogP contribution is -2.30. The summed E-state index contributed by atoms with van der Waals surface area (Å²) in [6, 6.07) is 0.619. The molecule has 0 bridgehead atoms. The molecule has 0 radical (unpaired) electrons. The molecule has 1 aromatic rings. The Bertz CT molecular complexity index is 430. The van der Waals surface area contributed by atoms with Crippen LogP contribution >= 0.6 is 0 Å². The average Bonchev–Trinajstić information content (AvgIpc) is 3.24. The highest BCUT2D eigenvalue weighted by molar-refractivity contribution is 5.45. The summed E-state index contributed by atoms with van der Waals surface area (Å²) in [7, 11) is 3.92. The van der Waals surface area contributed by atoms with Crippen LogP contribution in [0.2, 0.25) is 0 Å². The van der Waals surface area contributed by atoms with Crippen LogP contribution < -0.4 is 15.1 Å². The van der Waals surface area contributed by atoms with E-state index in [1.807, 2.05) is 19.0 Å². The molecule has 20 heavy (non-hydrogen) atoms. The van der Waals surface area contributed by atoms with E-state index in [2.05, 4.69) is 39.0 Å². The number of nitrogens with zero attached hydrogens (tertiary/aromatic N) is 5. The number of unbranched alkanes of at least 4 members (excludes halogenated alkanes) is 1. The zero-order chi connectivity index (χ0) is 14.5. The van der Waals surface area contributed by atoms with Gasteiger partial charge >= 0.3 is 0 Å². The maximum Gasteiger partial charge on any atom is 0.232 e. The quantitative estimate of drug-likeness (QED) is 0.786. The molecule has 0 atom stereocenters. The predicted octanol–water partition coefficient (Wildman–Crippen LogP) is 2.14. The van der Waals surface area contributed by atoms with E-state index in [1.165, 1.54) is 25.7 Å². The summed E-state index contributed by atoms with van der Waals surface area (Å²) in [5.74, 6) is 2.20. The standard InChI is InChI=1S/C14H26N6/c1-5-7-10-20(11-8-9-11)14-17-12(15-6-2)16-13(18-14)19(3)4/h11H,5-10H2,1-4H3,(H,15,16,17,18). The molecule has 0 saturated heterocycles. The van der Waals surface area contributed by atoms with Crippen LogP contribution in [0, 0.1) is 0 Å². The summed E-state index contributed by atoms with van der Waals surface area (Å²) in [5.41, 5.74) is 0. The molecule has 0 amide bonds. The van der Waals surface area contributed by atoms with Crippen molar-refractivity contribution in [3.05, 3.63) is 0 Å². The third kappa shape index (κ3) is 3.71. The minimum Gasteiger partial charge on any atom is -0.354 e. The fraction of sp³-hybridized carbons (Fsp3) is 0.786. The highest BCUT2D eigenvalue weighted by atomic mass is 15.4. The highest BCUT2D eigenvalue weighted by Crippen LogP contribution is 2.31. The second-order valence-electron chi connectivity index (χ2n) is 5.46. The molecular formula is C14H26N6. The number of aromatic nitrogens is 3. The van der Waals surface area contributed by atoms with Gasteiger partial charge in [-0.15, -0.1) is 0 Å². The summed E-state index contributed by atoms with van der Waals surface area (Å²) in [4.78, 5) is 17.9. The molecule has 6 heteroatoms. The summed E-state index contributed by atoms with van der Waals surface area (Å²) in [6.45, 7) is 6.11. The Morgan fingerprint density at radius 3 is 2.35 bits per heavy atom. The number of nitrogens with one attached hydrogen (secondary N) is 1. The molecular weight excluding hydrogens is 252 g/mol. The van der Waals surface area contributed by atoms with E-state index in [0.29, 0.717) is 17.9 Å². The van der Waals surface area contributed by atoms with Crippen molar-refractivity contribution in [2.75, 3.05) is 42.3 Å². The van der Waals surface area contributed by atoms with Crippen LogP contribution in [0.5, 0.6) is 0 Å². The van der Waals surface area contributed by atoms with Gasteiger partial charge in [0.25, 0.3) is 0 Å². The van der Waals surface area contributed by atoms with Crippen LogP contribution in [0.15, 0.2) is 0 Å². The summed E-state index contributed by atoms with van der Waals surface area (Å²) in [5, 5.41) is 3.20. The lowest BCUT2D eigenvalue weighted by molar-refractivity contribution is 0.691. The Hall–Kier alpha value is -1.59. The lowest BCUT2D eigenvalue weighted by Gasteiger charge is -2.23. The SMILES string of the molecule is CCCCN(c1nc(NCC)nc(N(C)C)n1)C1CC1. The first-order valence-electron chi connectivity index (χ1n) is 7.59. The van der Waals surface area contributed by atoms with Crippen molar-refractivity contribution in [1.29, 1.82) is 0 Å². The summed E-state index contributed by atoms with van der Waals surface area (Å²) >= 11 is 0. The van der Waals surface area contributed by atoms with Crippen molar-refractivity contribution in [3.63, 3.8) is 0 Å². The van der Waals surface area contributed by atoms with Crippen molar-refractivity contribution in [3.8, 4) is 0 Å². The molecule has 2 rings (SSSR count). The summed E-state index contributed by atoms with van der Waals surface area (Å²) < 4.78 is 0. The first-order valence-corrected chi connectivity index (χ1v) is 7.59. The Balaban J connectivity index is 2.26. The van der Waals surface area contributed by atoms with E-state index in [4.69, 9.17) is 0 Å². The van der Waals surface area contributed by atoms with Crippen molar-refractivity contribution in [1.82, 2.24) is 15.0 Å². The molecule has 6 nitrogen and oxygen atoms in total. The predicted molar refractivity (Wildman–Crippen MR) is 83.6 cm³/mol. The van der Waals surface area contributed by atoms with Crippen LogP contribution in [0.4, 0.5) is 17.8 Å². The third-order valence-corrected chi connectivity index (χ3v) is 3.34. The molecule has 1 heterocycles. The number of hydrogen-bond donors (Lipinski definition) is 1. The zero-order valence-corrected chi connectivity index (χ0v) is 13.1. The first kappa shape index (κ1) is 14.8. The maximum absolute atomic E-state index is 4.62. The fourth-order valence-corrected chi connectivity index (χ4v) is 2.08. The monoisotopic (exact) mass is 278 g/mol. The summed E-state index contributed by atoms with van der Waals surface area (Å²) in [6.07, 6.45) is 4.87. The van der Waals surface area contributed by atoms with Gasteiger partial charge in [-0.3, -0.25) is 0 Å². The second-order valence-corrected chi connectivity index (χ2v) is 5.46. The van der Waals surface area contributed by atoms with Gasteiger partial charge in [0.15, 0.2) is 0 Å². The van der Waals surface area contributed by atoms with Gasteiger partial charge in [-0.25, -0.2) is 0 Å². The van der Waals surface area contributed by atoms with Crippen LogP contribution in [0.1, 0.15) is 39.5 Å². The van der Waals surface area contributed by atoms with Gasteiger partial charge in [-0.1, -0.05) is 13.3 Å². The molecule has 1 fully saturated rings. The van der Waals surface area contributed by atoms with Gasteiger partial charge in [-0.2, -0.15) is 15.0 Å². The normalized spacial score (nSPS) is 14.2. The van der Waals surface area contributed by atoms with Crippen molar-refractivity contribution >= 4 is 17.8 Å². The van der Waals surface area contributed by atoms with Gasteiger partial charge in [0.05, 0.1) is 0 Å². The molecule has 0 aromatic carbocycles. The minimum absolute atomic E-state index is 0.619. The first-order chi connectivity index (χ1) is 9.65. The molecule has 0 spiro atoms. The minimum atomic E-state index is 0.619. The second kappa shape index (κ2) is 6.72. The average molecular weight is 278 g/mol. The van der Waals surface area contributed by atoms with Gasteiger partial charge in [0.1, 0.15) is 0 Å². The Morgan fingerprint density at radius 1 is 1.10 bits per heavy atom. The van der Waals surface area contributed by atoms with Gasteiger partial charge in [0, 0.05) is 33.2 Å². The van der Waals surface area contributed by atoms with Crippen molar-refractivity contribution in [2.24, 2.45) is 0 Å². The molecule has 1 aliphatic carbocycles. The number of hydrogen-bond acceptors (Lipinski definition) is 6. The van der Waals surface area contributed by atoms with Gasteiger partial charge < -0.3 is 15.1 Å². The fourth-order valence-electron chi connectivity index (χ4n) is 2.08. The highest BCUT2D eigenvalue weighted by Gasteiger charge is 2.31. The van der Waals surface area contributed by atoms with Crippen molar-refractivity contribution in [2.45, 2.75) is 45.6 Å². The largest absolute Gasteiger partial charge is 0.354 e. The molecule has 1 aromatic heterocycles. The zero-order valence-electron chi connectivity index (χ0n) is 13.1. The van der Waals surface area contributed by atoms with Gasteiger partial charge in [0.2, 0.25) is 17.8 Å². The van der Waals surface area contributed by atoms with Crippen molar-refractivity contribution < 1.29 is 0 Å². The number of anilines is 3. The van der Waals surface area contributed by atoms with E-state index < -0.39 is 0 Å². The van der Waals surface area contributed by atoms with E-state index in [9.17, 15) is 0 Å². The van der Waals surface area contributed by atoms with Crippen LogP contribution in [-0.4, -0.2) is 48.2 Å². The van der Waals surface area contributed by atoms with Crippen LogP contribution in [-0.2, 0) is 0 Å². The molecule has 0 aliphatic heterocycles. The molecule has 1 N–H and O–H groups in total. The van der Waals surface area contributed by atoms with E-state index in [0.717, 1.165) is 19.0 Å². The topological polar surface area (TPSA) is 57.2 Å². The van der Waals surface area contributed by atoms with E-state index >= 15 is 0 Å². The third-order valence-electron chi connectivity index (χ3n) is 3.34. The van der Waals surface area contributed by atoms with Crippen LogP contribution in [0.25, 0.3) is 0 Å². The Labute approximate surface area is 121 Å². The molecule has 1 aliphatic rings. The smallest absolute Gasteiger partial charge is 0.232 e. The maximum atomic E-state index is 4.62. The van der Waals surface area contributed by atoms with E-state index in [1.54, 1.807) is 0 Å². The molecule has 0 unspecified atom stereocenters. The molecule has 112 valence electrons. The lowest BCUT2D eigenvalue weighted by atomic mass is 10.3. The molecule has 1 saturated carbocycles. The Morgan fingerprint density at radius 2 is 1.80 bits per heavy atom. The van der Waals surface area contributed by atoms with E-state index in [-0.39, 0.29) is 0 Å². The Kier molecular flexibility index (Phi) is 4.98. The number of rotatable bonds is 8.